The molecule has 17 heavy (non-hydrogen) atoms. The number of hydrogen-bond acceptors (Lipinski definition) is 3. The van der Waals surface area contributed by atoms with Crippen molar-refractivity contribution in [2.75, 3.05) is 6.00 Å². The third-order valence-electron chi connectivity index (χ3n) is 3.56. The molecule has 0 aromatic rings. The van der Waals surface area contributed by atoms with Gasteiger partial charge in [-0.15, -0.1) is 11.6 Å². The summed E-state index contributed by atoms with van der Waals surface area (Å²) in [7, 11) is -3.62. The number of allylic oxidation sites excluding steroid dienone is 1. The molecule has 0 radical (unpaired) electrons. The molecule has 0 N–H and O–H groups in total. The largest absolute Gasteiger partial charge is 0.268 e. The quantitative estimate of drug-likeness (QED) is 0.573. The zero-order valence-electron chi connectivity index (χ0n) is 9.94. The Morgan fingerprint density at radius 3 is 2.65 bits per heavy atom. The van der Waals surface area contributed by atoms with Crippen molar-refractivity contribution in [3.63, 3.8) is 0 Å². The fourth-order valence-corrected chi connectivity index (χ4v) is 4.80. The molecule has 0 spiro atoms. The van der Waals surface area contributed by atoms with E-state index in [0.717, 1.165) is 17.1 Å². The highest BCUT2D eigenvalue weighted by Crippen LogP contribution is 2.43. The minimum Gasteiger partial charge on any atom is -0.268 e. The van der Waals surface area contributed by atoms with Gasteiger partial charge in [0.05, 0.1) is 4.91 Å². The number of carbonyl (C=O) groups excluding carboxylic acids is 1. The lowest BCUT2D eigenvalue weighted by molar-refractivity contribution is -0.122. The lowest BCUT2D eigenvalue weighted by Gasteiger charge is -2.25. The average Bonchev–Trinajstić information content (AvgIpc) is 2.46. The Balaban J connectivity index is 2.54. The third kappa shape index (κ3) is 1.80. The lowest BCUT2D eigenvalue weighted by atomic mass is 9.80. The first kappa shape index (κ1) is 12.9. The van der Waals surface area contributed by atoms with Gasteiger partial charge in [-0.25, -0.2) is 12.7 Å². The molecular weight excluding hydrogens is 262 g/mol. The number of amides is 1. The minimum absolute atomic E-state index is 0.0502. The first-order valence-electron chi connectivity index (χ1n) is 5.77. The minimum atomic E-state index is -3.62. The van der Waals surface area contributed by atoms with Gasteiger partial charge in [0.25, 0.3) is 15.9 Å². The topological polar surface area (TPSA) is 54.5 Å². The van der Waals surface area contributed by atoms with Crippen molar-refractivity contribution in [3.05, 3.63) is 10.5 Å². The highest BCUT2D eigenvalue weighted by Gasteiger charge is 2.47. The van der Waals surface area contributed by atoms with E-state index in [9.17, 15) is 13.2 Å². The van der Waals surface area contributed by atoms with Gasteiger partial charge in [-0.3, -0.25) is 4.79 Å². The second-order valence-corrected chi connectivity index (χ2v) is 6.98. The maximum atomic E-state index is 12.1. The second kappa shape index (κ2) is 4.28. The molecule has 1 aliphatic heterocycles. The van der Waals surface area contributed by atoms with Gasteiger partial charge < -0.3 is 0 Å². The number of rotatable bonds is 2. The van der Waals surface area contributed by atoms with Crippen molar-refractivity contribution in [3.8, 4) is 0 Å². The van der Waals surface area contributed by atoms with Crippen LogP contribution in [0.25, 0.3) is 0 Å². The summed E-state index contributed by atoms with van der Waals surface area (Å²) >= 11 is 5.58. The van der Waals surface area contributed by atoms with E-state index in [-0.39, 0.29) is 17.8 Å². The highest BCUT2D eigenvalue weighted by atomic mass is 35.5. The van der Waals surface area contributed by atoms with Gasteiger partial charge in [0, 0.05) is 5.57 Å². The summed E-state index contributed by atoms with van der Waals surface area (Å²) < 4.78 is 25.0. The standard InChI is InChI=1S/C11H16ClNO3S/c1-7(2)8-4-3-5-9-10(8)11(14)13(6-12)17(9,15)16/h7-8H,3-6H2,1-2H3. The summed E-state index contributed by atoms with van der Waals surface area (Å²) in [5.41, 5.74) is 0.493. The average molecular weight is 278 g/mol. The summed E-state index contributed by atoms with van der Waals surface area (Å²) in [6.45, 7) is 4.04. The van der Waals surface area contributed by atoms with Crippen molar-refractivity contribution in [2.45, 2.75) is 33.1 Å². The first-order chi connectivity index (χ1) is 7.91. The van der Waals surface area contributed by atoms with Crippen molar-refractivity contribution in [1.29, 1.82) is 0 Å². The Bertz CT molecular complexity index is 481. The van der Waals surface area contributed by atoms with Crippen molar-refractivity contribution in [2.24, 2.45) is 11.8 Å². The maximum absolute atomic E-state index is 12.1. The van der Waals surface area contributed by atoms with Gasteiger partial charge in [0.15, 0.2) is 0 Å². The van der Waals surface area contributed by atoms with Crippen LogP contribution in [0.4, 0.5) is 0 Å². The number of hydrogen-bond donors (Lipinski definition) is 0. The zero-order valence-corrected chi connectivity index (χ0v) is 11.5. The normalized spacial score (nSPS) is 27.9. The molecule has 1 atom stereocenters. The van der Waals surface area contributed by atoms with Crippen LogP contribution >= 0.6 is 11.6 Å². The summed E-state index contributed by atoms with van der Waals surface area (Å²) in [4.78, 5) is 12.4. The highest BCUT2D eigenvalue weighted by molar-refractivity contribution is 7.94. The van der Waals surface area contributed by atoms with E-state index in [1.807, 2.05) is 13.8 Å². The van der Waals surface area contributed by atoms with Crippen LogP contribution in [0.15, 0.2) is 10.5 Å². The molecule has 2 aliphatic rings. The zero-order chi connectivity index (χ0) is 12.8. The van der Waals surface area contributed by atoms with E-state index in [2.05, 4.69) is 0 Å². The molecule has 1 unspecified atom stereocenters. The monoisotopic (exact) mass is 277 g/mol. The van der Waals surface area contributed by atoms with Crippen molar-refractivity contribution >= 4 is 27.5 Å². The van der Waals surface area contributed by atoms with Crippen molar-refractivity contribution in [1.82, 2.24) is 4.31 Å². The van der Waals surface area contributed by atoms with Crippen LogP contribution in [0.3, 0.4) is 0 Å². The number of carbonyl (C=O) groups is 1. The van der Waals surface area contributed by atoms with E-state index in [0.29, 0.717) is 16.9 Å². The summed E-state index contributed by atoms with van der Waals surface area (Å²) in [6, 6.07) is -0.293. The molecule has 1 heterocycles. The van der Waals surface area contributed by atoms with Crippen LogP contribution in [0, 0.1) is 11.8 Å². The molecule has 1 amide bonds. The molecular formula is C11H16ClNO3S. The lowest BCUT2D eigenvalue weighted by Crippen LogP contribution is -2.31. The molecule has 1 aliphatic carbocycles. The number of alkyl halides is 1. The molecule has 2 rings (SSSR count). The SMILES string of the molecule is CC(C)C1CCCC2=C1C(=O)N(CCl)S2(=O)=O. The molecule has 4 nitrogen and oxygen atoms in total. The molecule has 0 aromatic heterocycles. The third-order valence-corrected chi connectivity index (χ3v) is 5.86. The van der Waals surface area contributed by atoms with Gasteiger partial charge in [-0.1, -0.05) is 13.8 Å². The van der Waals surface area contributed by atoms with Gasteiger partial charge in [0.2, 0.25) is 0 Å². The predicted molar refractivity (Wildman–Crippen MR) is 65.7 cm³/mol. The summed E-state index contributed by atoms with van der Waals surface area (Å²) in [5, 5.41) is 0. The molecule has 0 saturated heterocycles. The predicted octanol–water partition coefficient (Wildman–Crippen LogP) is 2.06. The fraction of sp³-hybridized carbons (Fsp3) is 0.727. The molecule has 0 fully saturated rings. The van der Waals surface area contributed by atoms with Crippen LogP contribution in [-0.2, 0) is 14.8 Å². The van der Waals surface area contributed by atoms with E-state index in [1.54, 1.807) is 0 Å². The Kier molecular flexibility index (Phi) is 3.25. The van der Waals surface area contributed by atoms with Crippen molar-refractivity contribution < 1.29 is 13.2 Å². The number of halogens is 1. The van der Waals surface area contributed by atoms with E-state index >= 15 is 0 Å². The number of nitrogens with zero attached hydrogens (tertiary/aromatic N) is 1. The summed E-state index contributed by atoms with van der Waals surface area (Å²) in [5.74, 6) is -0.0858. The van der Waals surface area contributed by atoms with Crippen LogP contribution in [-0.4, -0.2) is 24.6 Å². The van der Waals surface area contributed by atoms with Crippen LogP contribution in [0.1, 0.15) is 33.1 Å². The molecule has 0 bridgehead atoms. The van der Waals surface area contributed by atoms with Gasteiger partial charge in [-0.05, 0) is 31.1 Å². The molecule has 0 saturated carbocycles. The van der Waals surface area contributed by atoms with Crippen LogP contribution in [0.2, 0.25) is 0 Å². The van der Waals surface area contributed by atoms with E-state index in [1.165, 1.54) is 0 Å². The van der Waals surface area contributed by atoms with E-state index < -0.39 is 15.9 Å². The van der Waals surface area contributed by atoms with Gasteiger partial charge >= 0.3 is 0 Å². The number of sulfonamides is 1. The maximum Gasteiger partial charge on any atom is 0.266 e. The Labute approximate surface area is 107 Å². The Morgan fingerprint density at radius 2 is 2.12 bits per heavy atom. The van der Waals surface area contributed by atoms with Gasteiger partial charge in [-0.2, -0.15) is 0 Å². The summed E-state index contributed by atoms with van der Waals surface area (Å²) in [6.07, 6.45) is 2.18. The molecule has 6 heteroatoms. The Morgan fingerprint density at radius 1 is 1.47 bits per heavy atom. The Hall–Kier alpha value is -0.550. The molecule has 0 aromatic carbocycles. The fourth-order valence-electron chi connectivity index (χ4n) is 2.68. The van der Waals surface area contributed by atoms with Crippen LogP contribution in [0.5, 0.6) is 0 Å². The van der Waals surface area contributed by atoms with Crippen LogP contribution < -0.4 is 0 Å². The van der Waals surface area contributed by atoms with Gasteiger partial charge in [0.1, 0.15) is 6.00 Å². The molecule has 96 valence electrons. The second-order valence-electron chi connectivity index (χ2n) is 4.86. The first-order valence-corrected chi connectivity index (χ1v) is 7.74. The smallest absolute Gasteiger partial charge is 0.266 e. The van der Waals surface area contributed by atoms with E-state index in [4.69, 9.17) is 11.6 Å².